The van der Waals surface area contributed by atoms with Crippen LogP contribution in [0.15, 0.2) is 102 Å². The first-order chi connectivity index (χ1) is 12.7. The van der Waals surface area contributed by atoms with Gasteiger partial charge in [-0.15, -0.1) is 12.6 Å². The molecule has 4 aromatic rings. The Morgan fingerprint density at radius 3 is 1.46 bits per heavy atom. The SMILES string of the molecule is Cc1ccc(-c2cccnc2)cc1.Sc1ccc(-c2cccnc2)cc1. The van der Waals surface area contributed by atoms with Gasteiger partial charge in [0.2, 0.25) is 0 Å². The van der Waals surface area contributed by atoms with Crippen molar-refractivity contribution in [1.29, 1.82) is 0 Å². The van der Waals surface area contributed by atoms with E-state index < -0.39 is 0 Å². The Labute approximate surface area is 160 Å². The summed E-state index contributed by atoms with van der Waals surface area (Å²) in [5, 5.41) is 0. The van der Waals surface area contributed by atoms with Crippen LogP contribution < -0.4 is 0 Å². The molecule has 0 aliphatic heterocycles. The average Bonchev–Trinajstić information content (AvgIpc) is 2.71. The highest BCUT2D eigenvalue weighted by Gasteiger charge is 1.95. The monoisotopic (exact) mass is 356 g/mol. The van der Waals surface area contributed by atoms with Gasteiger partial charge in [-0.2, -0.15) is 0 Å². The molecule has 0 N–H and O–H groups in total. The minimum atomic E-state index is 0.979. The molecule has 0 bridgehead atoms. The van der Waals surface area contributed by atoms with E-state index in [1.807, 2.05) is 54.9 Å². The van der Waals surface area contributed by atoms with Crippen molar-refractivity contribution in [3.63, 3.8) is 0 Å². The molecule has 0 saturated carbocycles. The van der Waals surface area contributed by atoms with Gasteiger partial charge in [0.15, 0.2) is 0 Å². The van der Waals surface area contributed by atoms with Gasteiger partial charge in [0, 0.05) is 29.7 Å². The zero-order valence-electron chi connectivity index (χ0n) is 14.6. The van der Waals surface area contributed by atoms with Crippen LogP contribution in [0, 0.1) is 6.92 Å². The predicted octanol–water partition coefficient (Wildman–Crippen LogP) is 6.09. The van der Waals surface area contributed by atoms with Gasteiger partial charge in [0.25, 0.3) is 0 Å². The lowest BCUT2D eigenvalue weighted by molar-refractivity contribution is 1.33. The van der Waals surface area contributed by atoms with Crippen LogP contribution in [-0.2, 0) is 0 Å². The fourth-order valence-corrected chi connectivity index (χ4v) is 2.62. The van der Waals surface area contributed by atoms with Gasteiger partial charge >= 0.3 is 0 Å². The molecule has 26 heavy (non-hydrogen) atoms. The van der Waals surface area contributed by atoms with E-state index in [2.05, 4.69) is 59.9 Å². The van der Waals surface area contributed by atoms with Gasteiger partial charge in [-0.25, -0.2) is 0 Å². The van der Waals surface area contributed by atoms with Crippen LogP contribution in [0.3, 0.4) is 0 Å². The highest BCUT2D eigenvalue weighted by molar-refractivity contribution is 7.80. The second-order valence-corrected chi connectivity index (χ2v) is 6.41. The zero-order chi connectivity index (χ0) is 18.2. The van der Waals surface area contributed by atoms with E-state index in [-0.39, 0.29) is 0 Å². The Hall–Kier alpha value is -2.91. The van der Waals surface area contributed by atoms with Crippen molar-refractivity contribution in [1.82, 2.24) is 9.97 Å². The molecule has 2 aromatic heterocycles. The van der Waals surface area contributed by atoms with Crippen molar-refractivity contribution in [2.75, 3.05) is 0 Å². The van der Waals surface area contributed by atoms with Crippen molar-refractivity contribution < 1.29 is 0 Å². The highest BCUT2D eigenvalue weighted by Crippen LogP contribution is 2.19. The van der Waals surface area contributed by atoms with Crippen molar-refractivity contribution >= 4 is 12.6 Å². The van der Waals surface area contributed by atoms with Gasteiger partial charge in [-0.3, -0.25) is 9.97 Å². The largest absolute Gasteiger partial charge is 0.264 e. The molecule has 2 heterocycles. The number of nitrogens with zero attached hydrogens (tertiary/aromatic N) is 2. The van der Waals surface area contributed by atoms with E-state index in [4.69, 9.17) is 0 Å². The maximum atomic E-state index is 4.23. The topological polar surface area (TPSA) is 25.8 Å². The van der Waals surface area contributed by atoms with E-state index in [9.17, 15) is 0 Å². The summed E-state index contributed by atoms with van der Waals surface area (Å²) in [4.78, 5) is 9.13. The fourth-order valence-electron chi connectivity index (χ4n) is 2.47. The minimum absolute atomic E-state index is 0.979. The number of hydrogen-bond donors (Lipinski definition) is 1. The number of rotatable bonds is 2. The third kappa shape index (κ3) is 5.04. The molecule has 0 aliphatic carbocycles. The standard InChI is InChI=1S/C12H11N.C11H9NS/c1-10-4-6-11(7-5-10)12-3-2-8-13-9-12;13-11-5-3-9(4-6-11)10-2-1-7-12-8-10/h2-9H,1H3;1-8,13H. The molecule has 0 aliphatic rings. The van der Waals surface area contributed by atoms with Crippen LogP contribution in [0.5, 0.6) is 0 Å². The fraction of sp³-hybridized carbons (Fsp3) is 0.0435. The molecule has 0 fully saturated rings. The van der Waals surface area contributed by atoms with Crippen molar-refractivity contribution in [3.8, 4) is 22.3 Å². The highest BCUT2D eigenvalue weighted by atomic mass is 32.1. The lowest BCUT2D eigenvalue weighted by Crippen LogP contribution is -1.78. The van der Waals surface area contributed by atoms with E-state index in [1.54, 1.807) is 12.4 Å². The molecule has 0 amide bonds. The van der Waals surface area contributed by atoms with Crippen molar-refractivity contribution in [2.45, 2.75) is 11.8 Å². The maximum absolute atomic E-state index is 4.23. The summed E-state index contributed by atoms with van der Waals surface area (Å²) >= 11 is 4.23. The van der Waals surface area contributed by atoms with Gasteiger partial charge in [-0.1, -0.05) is 54.1 Å². The number of pyridine rings is 2. The summed E-state index contributed by atoms with van der Waals surface area (Å²) in [6, 6.07) is 24.5. The first kappa shape index (κ1) is 17.9. The molecule has 3 heteroatoms. The molecule has 2 aromatic carbocycles. The minimum Gasteiger partial charge on any atom is -0.264 e. The number of benzene rings is 2. The smallest absolute Gasteiger partial charge is 0.0346 e. The normalized spacial score (nSPS) is 9.92. The zero-order valence-corrected chi connectivity index (χ0v) is 15.5. The van der Waals surface area contributed by atoms with E-state index in [0.717, 1.165) is 10.5 Å². The second-order valence-electron chi connectivity index (χ2n) is 5.90. The Kier molecular flexibility index (Phi) is 6.18. The van der Waals surface area contributed by atoms with Gasteiger partial charge in [0.1, 0.15) is 0 Å². The number of hydrogen-bond acceptors (Lipinski definition) is 3. The molecule has 4 rings (SSSR count). The molecule has 2 nitrogen and oxygen atoms in total. The molecular weight excluding hydrogens is 336 g/mol. The molecule has 128 valence electrons. The summed E-state index contributed by atoms with van der Waals surface area (Å²) < 4.78 is 0. The lowest BCUT2D eigenvalue weighted by Gasteiger charge is -2.00. The second kappa shape index (κ2) is 8.97. The summed E-state index contributed by atoms with van der Waals surface area (Å²) in [7, 11) is 0. The first-order valence-corrected chi connectivity index (χ1v) is 8.83. The average molecular weight is 356 g/mol. The third-order valence-corrected chi connectivity index (χ3v) is 4.21. The summed E-state index contributed by atoms with van der Waals surface area (Å²) in [6.45, 7) is 2.09. The first-order valence-electron chi connectivity index (χ1n) is 8.39. The van der Waals surface area contributed by atoms with E-state index in [1.165, 1.54) is 22.3 Å². The van der Waals surface area contributed by atoms with E-state index >= 15 is 0 Å². The van der Waals surface area contributed by atoms with Crippen LogP contribution in [0.25, 0.3) is 22.3 Å². The van der Waals surface area contributed by atoms with Gasteiger partial charge in [0.05, 0.1) is 0 Å². The summed E-state index contributed by atoms with van der Waals surface area (Å²) in [5.74, 6) is 0. The predicted molar refractivity (Wildman–Crippen MR) is 111 cm³/mol. The van der Waals surface area contributed by atoms with Gasteiger partial charge < -0.3 is 0 Å². The molecule has 0 unspecified atom stereocenters. The van der Waals surface area contributed by atoms with Gasteiger partial charge in [-0.05, 0) is 53.4 Å². The van der Waals surface area contributed by atoms with Crippen LogP contribution in [0.4, 0.5) is 0 Å². The number of thiol groups is 1. The van der Waals surface area contributed by atoms with Crippen LogP contribution in [0.2, 0.25) is 0 Å². The molecular formula is C23H20N2S. The number of aryl methyl sites for hydroxylation is 1. The van der Waals surface area contributed by atoms with Crippen LogP contribution in [0.1, 0.15) is 5.56 Å². The molecule has 0 radical (unpaired) electrons. The Bertz CT molecular complexity index is 838. The Morgan fingerprint density at radius 2 is 1.04 bits per heavy atom. The lowest BCUT2D eigenvalue weighted by atomic mass is 10.1. The summed E-state index contributed by atoms with van der Waals surface area (Å²) in [5.41, 5.74) is 5.98. The number of aromatic nitrogens is 2. The molecule has 0 spiro atoms. The Balaban J connectivity index is 0.000000151. The molecule has 0 atom stereocenters. The van der Waals surface area contributed by atoms with Crippen molar-refractivity contribution in [3.05, 3.63) is 103 Å². The quantitative estimate of drug-likeness (QED) is 0.439. The van der Waals surface area contributed by atoms with Crippen LogP contribution >= 0.6 is 12.6 Å². The van der Waals surface area contributed by atoms with Crippen molar-refractivity contribution in [2.24, 2.45) is 0 Å². The Morgan fingerprint density at radius 1 is 0.577 bits per heavy atom. The summed E-state index contributed by atoms with van der Waals surface area (Å²) in [6.07, 6.45) is 7.30. The maximum Gasteiger partial charge on any atom is 0.0346 e. The van der Waals surface area contributed by atoms with E-state index in [0.29, 0.717) is 0 Å². The third-order valence-electron chi connectivity index (χ3n) is 3.91. The van der Waals surface area contributed by atoms with Crippen LogP contribution in [-0.4, -0.2) is 9.97 Å². The molecule has 0 saturated heterocycles.